The Labute approximate surface area is 99.6 Å². The molecule has 1 nitrogen and oxygen atoms in total. The number of hydrogen-bond donors (Lipinski definition) is 1. The molecule has 2 heteroatoms. The van der Waals surface area contributed by atoms with Gasteiger partial charge in [0.05, 0.1) is 5.60 Å². The van der Waals surface area contributed by atoms with Crippen molar-refractivity contribution < 1.29 is 5.11 Å². The van der Waals surface area contributed by atoms with E-state index in [0.717, 1.165) is 29.3 Å². The molecule has 1 saturated carbocycles. The van der Waals surface area contributed by atoms with Gasteiger partial charge < -0.3 is 5.11 Å². The number of rotatable bonds is 1. The number of aliphatic hydroxyl groups is 1. The van der Waals surface area contributed by atoms with Crippen molar-refractivity contribution in [2.24, 2.45) is 5.92 Å². The van der Waals surface area contributed by atoms with Gasteiger partial charge in [0.2, 0.25) is 0 Å². The third-order valence-electron chi connectivity index (χ3n) is 3.43. The Hall–Kier alpha value is -0.340. The first kappa shape index (κ1) is 11.2. The smallest absolute Gasteiger partial charge is 0.0901 e. The Morgan fingerprint density at radius 3 is 2.73 bits per heavy atom. The van der Waals surface area contributed by atoms with Gasteiger partial charge in [-0.05, 0) is 55.4 Å². The predicted octanol–water partition coefficient (Wildman–Crippen LogP) is 3.77. The van der Waals surface area contributed by atoms with E-state index < -0.39 is 5.60 Å². The molecule has 0 heterocycles. The lowest BCUT2D eigenvalue weighted by atomic mass is 9.88. The molecule has 1 aliphatic carbocycles. The zero-order valence-corrected chi connectivity index (χ0v) is 10.8. The number of hydrogen-bond acceptors (Lipinski definition) is 1. The molecule has 2 unspecified atom stereocenters. The van der Waals surface area contributed by atoms with Crippen molar-refractivity contribution in [3.63, 3.8) is 0 Å². The minimum atomic E-state index is -0.579. The molecule has 82 valence electrons. The van der Waals surface area contributed by atoms with E-state index in [0.29, 0.717) is 5.92 Å². The first-order chi connectivity index (χ1) is 7.01. The monoisotopic (exact) mass is 268 g/mol. The minimum absolute atomic E-state index is 0.579. The van der Waals surface area contributed by atoms with Crippen LogP contribution >= 0.6 is 15.9 Å². The normalized spacial score (nSPS) is 30.8. The zero-order valence-electron chi connectivity index (χ0n) is 9.26. The van der Waals surface area contributed by atoms with E-state index in [1.165, 1.54) is 5.56 Å². The van der Waals surface area contributed by atoms with Crippen molar-refractivity contribution >= 4 is 15.9 Å². The second-order valence-corrected chi connectivity index (χ2v) is 5.75. The van der Waals surface area contributed by atoms with E-state index in [1.54, 1.807) is 0 Å². The van der Waals surface area contributed by atoms with Crippen molar-refractivity contribution in [1.82, 2.24) is 0 Å². The summed E-state index contributed by atoms with van der Waals surface area (Å²) in [6, 6.07) is 6.15. The van der Waals surface area contributed by atoms with Crippen LogP contribution in [0.4, 0.5) is 0 Å². The molecule has 0 aliphatic heterocycles. The molecule has 1 aromatic rings. The van der Waals surface area contributed by atoms with Gasteiger partial charge in [0.25, 0.3) is 0 Å². The first-order valence-corrected chi connectivity index (χ1v) is 6.29. The van der Waals surface area contributed by atoms with Crippen LogP contribution in [-0.2, 0) is 5.60 Å². The van der Waals surface area contributed by atoms with E-state index in [1.807, 2.05) is 6.07 Å². The van der Waals surface area contributed by atoms with Crippen molar-refractivity contribution in [2.75, 3.05) is 0 Å². The van der Waals surface area contributed by atoms with Crippen LogP contribution in [0.2, 0.25) is 0 Å². The summed E-state index contributed by atoms with van der Waals surface area (Å²) in [5.41, 5.74) is 1.71. The molecule has 15 heavy (non-hydrogen) atoms. The molecule has 2 rings (SSSR count). The quantitative estimate of drug-likeness (QED) is 0.822. The molecule has 1 fully saturated rings. The maximum absolute atomic E-state index is 10.6. The van der Waals surface area contributed by atoms with Gasteiger partial charge in [-0.2, -0.15) is 0 Å². The second-order valence-electron chi connectivity index (χ2n) is 4.84. The first-order valence-electron chi connectivity index (χ1n) is 5.50. The lowest BCUT2D eigenvalue weighted by Gasteiger charge is -2.25. The fourth-order valence-corrected chi connectivity index (χ4v) is 3.14. The van der Waals surface area contributed by atoms with Crippen molar-refractivity contribution in [3.8, 4) is 0 Å². The average molecular weight is 269 g/mol. The van der Waals surface area contributed by atoms with Gasteiger partial charge >= 0.3 is 0 Å². The fraction of sp³-hybridized carbons (Fsp3) is 0.538. The fourth-order valence-electron chi connectivity index (χ4n) is 2.66. The maximum atomic E-state index is 10.6. The van der Waals surface area contributed by atoms with Gasteiger partial charge in [-0.1, -0.05) is 28.9 Å². The summed E-state index contributed by atoms with van der Waals surface area (Å²) in [6.45, 7) is 4.28. The second kappa shape index (κ2) is 3.91. The summed E-state index contributed by atoms with van der Waals surface area (Å²) < 4.78 is 1.08. The van der Waals surface area contributed by atoms with E-state index in [2.05, 4.69) is 41.9 Å². The Kier molecular flexibility index (Phi) is 2.91. The lowest BCUT2D eigenvalue weighted by Crippen LogP contribution is -2.22. The third kappa shape index (κ3) is 2.11. The molecule has 0 spiro atoms. The van der Waals surface area contributed by atoms with Gasteiger partial charge in [0, 0.05) is 4.47 Å². The highest BCUT2D eigenvalue weighted by Crippen LogP contribution is 2.43. The van der Waals surface area contributed by atoms with Crippen LogP contribution in [0, 0.1) is 12.8 Å². The van der Waals surface area contributed by atoms with Gasteiger partial charge in [-0.15, -0.1) is 0 Å². The summed E-state index contributed by atoms with van der Waals surface area (Å²) in [7, 11) is 0. The Balaban J connectivity index is 2.37. The van der Waals surface area contributed by atoms with Gasteiger partial charge in [-0.25, -0.2) is 0 Å². The van der Waals surface area contributed by atoms with E-state index in [-0.39, 0.29) is 0 Å². The number of aryl methyl sites for hydroxylation is 1. The molecule has 1 aliphatic rings. The van der Waals surface area contributed by atoms with Crippen molar-refractivity contribution in [3.05, 3.63) is 33.8 Å². The summed E-state index contributed by atoms with van der Waals surface area (Å²) in [6.07, 6.45) is 2.93. The summed E-state index contributed by atoms with van der Waals surface area (Å²) in [5.74, 6) is 0.637. The van der Waals surface area contributed by atoms with Crippen LogP contribution < -0.4 is 0 Å². The van der Waals surface area contributed by atoms with Gasteiger partial charge in [0.15, 0.2) is 0 Å². The summed E-state index contributed by atoms with van der Waals surface area (Å²) >= 11 is 3.45. The summed E-state index contributed by atoms with van der Waals surface area (Å²) in [5, 5.41) is 10.6. The van der Waals surface area contributed by atoms with Crippen LogP contribution in [0.15, 0.2) is 22.7 Å². The zero-order chi connectivity index (χ0) is 11.1. The molecule has 1 N–H and O–H groups in total. The van der Waals surface area contributed by atoms with Crippen LogP contribution in [0.25, 0.3) is 0 Å². The topological polar surface area (TPSA) is 20.2 Å². The van der Waals surface area contributed by atoms with E-state index in [4.69, 9.17) is 0 Å². The Morgan fingerprint density at radius 1 is 1.47 bits per heavy atom. The molecule has 0 radical (unpaired) electrons. The lowest BCUT2D eigenvalue weighted by molar-refractivity contribution is 0.0401. The van der Waals surface area contributed by atoms with Crippen LogP contribution in [-0.4, -0.2) is 5.11 Å². The highest BCUT2D eigenvalue weighted by atomic mass is 79.9. The summed E-state index contributed by atoms with van der Waals surface area (Å²) in [4.78, 5) is 0. The van der Waals surface area contributed by atoms with Gasteiger partial charge in [-0.3, -0.25) is 0 Å². The number of benzene rings is 1. The molecule has 1 aromatic carbocycles. The SMILES string of the molecule is Cc1cc(Br)ccc1C1(O)CCC(C)C1. The van der Waals surface area contributed by atoms with E-state index in [9.17, 15) is 5.11 Å². The molecule has 0 saturated heterocycles. The number of halogens is 1. The van der Waals surface area contributed by atoms with Gasteiger partial charge in [0.1, 0.15) is 0 Å². The standard InChI is InChI=1S/C13H17BrO/c1-9-5-6-13(15,8-9)12-4-3-11(14)7-10(12)2/h3-4,7,9,15H,5-6,8H2,1-2H3. The predicted molar refractivity (Wildman–Crippen MR) is 65.8 cm³/mol. The highest BCUT2D eigenvalue weighted by Gasteiger charge is 2.37. The Morgan fingerprint density at radius 2 is 2.20 bits per heavy atom. The molecule has 0 bridgehead atoms. The third-order valence-corrected chi connectivity index (χ3v) is 3.92. The largest absolute Gasteiger partial charge is 0.385 e. The maximum Gasteiger partial charge on any atom is 0.0901 e. The Bertz CT molecular complexity index is 375. The van der Waals surface area contributed by atoms with Crippen molar-refractivity contribution in [2.45, 2.75) is 38.7 Å². The van der Waals surface area contributed by atoms with Crippen molar-refractivity contribution in [1.29, 1.82) is 0 Å². The molecule has 2 atom stereocenters. The van der Waals surface area contributed by atoms with Crippen LogP contribution in [0.3, 0.4) is 0 Å². The molecule has 0 aromatic heterocycles. The van der Waals surface area contributed by atoms with Crippen LogP contribution in [0.1, 0.15) is 37.3 Å². The highest BCUT2D eigenvalue weighted by molar-refractivity contribution is 9.10. The van der Waals surface area contributed by atoms with E-state index >= 15 is 0 Å². The average Bonchev–Trinajstić information content (AvgIpc) is 2.46. The minimum Gasteiger partial charge on any atom is -0.385 e. The van der Waals surface area contributed by atoms with Crippen LogP contribution in [0.5, 0.6) is 0 Å². The molecule has 0 amide bonds. The molecular weight excluding hydrogens is 252 g/mol. The molecular formula is C13H17BrO.